The Kier molecular flexibility index (Phi) is 5.63. The molecule has 0 aromatic heterocycles. The van der Waals surface area contributed by atoms with E-state index < -0.39 is 20.2 Å². The third-order valence-electron chi connectivity index (χ3n) is 3.42. The van der Waals surface area contributed by atoms with Crippen molar-refractivity contribution < 1.29 is 21.6 Å². The largest absolute Gasteiger partial charge is 0.377 e. The van der Waals surface area contributed by atoms with Crippen LogP contribution in [0.5, 0.6) is 0 Å². The molecule has 130 valence electrons. The molecule has 0 unspecified atom stereocenters. The van der Waals surface area contributed by atoms with Crippen molar-refractivity contribution in [2.24, 2.45) is 0 Å². The van der Waals surface area contributed by atoms with Crippen LogP contribution < -0.4 is 9.44 Å². The number of sulfonamides is 1. The van der Waals surface area contributed by atoms with Crippen molar-refractivity contribution in [1.29, 1.82) is 0 Å². The predicted octanol–water partition coefficient (Wildman–Crippen LogP) is 0.362. The molecular weight excluding hydrogens is 342 g/mol. The number of nitrogens with zero attached hydrogens (tertiary/aromatic N) is 1. The van der Waals surface area contributed by atoms with Crippen molar-refractivity contribution in [3.63, 3.8) is 0 Å². The van der Waals surface area contributed by atoms with Crippen LogP contribution in [0.25, 0.3) is 0 Å². The van der Waals surface area contributed by atoms with Gasteiger partial charge in [-0.1, -0.05) is 0 Å². The zero-order chi connectivity index (χ0) is 17.1. The van der Waals surface area contributed by atoms with Gasteiger partial charge >= 0.3 is 10.2 Å². The van der Waals surface area contributed by atoms with Crippen LogP contribution in [0.1, 0.15) is 12.8 Å². The first-order valence-corrected chi connectivity index (χ1v) is 10.0. The van der Waals surface area contributed by atoms with E-state index in [0.29, 0.717) is 6.61 Å². The van der Waals surface area contributed by atoms with E-state index in [4.69, 9.17) is 4.74 Å². The molecule has 23 heavy (non-hydrogen) atoms. The fraction of sp³-hybridized carbons (Fsp3) is 0.538. The van der Waals surface area contributed by atoms with E-state index in [-0.39, 0.29) is 23.2 Å². The van der Waals surface area contributed by atoms with Gasteiger partial charge in [0.15, 0.2) is 0 Å². The summed E-state index contributed by atoms with van der Waals surface area (Å²) in [6.45, 7) is 0.893. The Morgan fingerprint density at radius 1 is 1.17 bits per heavy atom. The maximum Gasteiger partial charge on any atom is 0.301 e. The Balaban J connectivity index is 2.03. The van der Waals surface area contributed by atoms with Crippen LogP contribution >= 0.6 is 0 Å². The van der Waals surface area contributed by atoms with Crippen LogP contribution in [-0.4, -0.2) is 54.5 Å². The molecule has 0 amide bonds. The Morgan fingerprint density at radius 2 is 1.83 bits per heavy atom. The SMILES string of the molecule is CN(C)S(=O)(=O)Nc1ccc(S(=O)(=O)NC[C@H]2CCCO2)cc1. The third kappa shape index (κ3) is 4.88. The number of ether oxygens (including phenoxy) is 1. The van der Waals surface area contributed by atoms with Crippen LogP contribution in [0.2, 0.25) is 0 Å². The van der Waals surface area contributed by atoms with Gasteiger partial charge in [-0.2, -0.15) is 12.7 Å². The summed E-state index contributed by atoms with van der Waals surface area (Å²) in [5, 5.41) is 0. The maximum absolute atomic E-state index is 12.2. The molecule has 1 saturated heterocycles. The Hall–Kier alpha value is -1.20. The maximum atomic E-state index is 12.2. The van der Waals surface area contributed by atoms with Crippen molar-refractivity contribution >= 4 is 25.9 Å². The molecule has 1 aliphatic heterocycles. The first-order chi connectivity index (χ1) is 10.7. The topological polar surface area (TPSA) is 105 Å². The molecule has 1 atom stereocenters. The second-order valence-electron chi connectivity index (χ2n) is 5.40. The van der Waals surface area contributed by atoms with Crippen LogP contribution in [0.15, 0.2) is 29.2 Å². The molecule has 1 heterocycles. The molecule has 1 aromatic rings. The molecule has 1 fully saturated rings. The standard InChI is InChI=1S/C13H21N3O5S2/c1-16(2)23(19,20)15-11-5-7-13(8-6-11)22(17,18)14-10-12-4-3-9-21-12/h5-8,12,14-15H,3-4,9-10H2,1-2H3/t12-/m1/s1. The van der Waals surface area contributed by atoms with Gasteiger partial charge in [0.05, 0.1) is 11.0 Å². The van der Waals surface area contributed by atoms with E-state index >= 15 is 0 Å². The molecule has 2 rings (SSSR count). The minimum atomic E-state index is -3.64. The molecule has 0 aliphatic carbocycles. The zero-order valence-electron chi connectivity index (χ0n) is 13.0. The number of hydrogen-bond donors (Lipinski definition) is 2. The molecule has 1 aromatic carbocycles. The average molecular weight is 363 g/mol. The minimum Gasteiger partial charge on any atom is -0.377 e. The monoisotopic (exact) mass is 363 g/mol. The Morgan fingerprint density at radius 3 is 2.35 bits per heavy atom. The molecule has 10 heteroatoms. The minimum absolute atomic E-state index is 0.0725. The molecule has 0 saturated carbocycles. The fourth-order valence-corrected chi connectivity index (χ4v) is 3.72. The third-order valence-corrected chi connectivity index (χ3v) is 6.31. The lowest BCUT2D eigenvalue weighted by molar-refractivity contribution is 0.114. The lowest BCUT2D eigenvalue weighted by atomic mass is 10.2. The van der Waals surface area contributed by atoms with Gasteiger partial charge in [-0.25, -0.2) is 13.1 Å². The van der Waals surface area contributed by atoms with Crippen LogP contribution in [0, 0.1) is 0 Å². The molecular formula is C13H21N3O5S2. The van der Waals surface area contributed by atoms with E-state index in [1.54, 1.807) is 0 Å². The summed E-state index contributed by atoms with van der Waals surface area (Å²) < 4.78 is 59.0. The lowest BCUT2D eigenvalue weighted by Gasteiger charge is -2.14. The second-order valence-corrected chi connectivity index (χ2v) is 9.05. The van der Waals surface area contributed by atoms with Crippen molar-refractivity contribution in [1.82, 2.24) is 9.03 Å². The molecule has 0 radical (unpaired) electrons. The highest BCUT2D eigenvalue weighted by Gasteiger charge is 2.20. The van der Waals surface area contributed by atoms with Gasteiger partial charge in [0.1, 0.15) is 0 Å². The summed E-state index contributed by atoms with van der Waals surface area (Å²) in [5.41, 5.74) is 0.289. The summed E-state index contributed by atoms with van der Waals surface area (Å²) in [6, 6.07) is 5.51. The van der Waals surface area contributed by atoms with E-state index in [1.807, 2.05) is 0 Å². The average Bonchev–Trinajstić information content (AvgIpc) is 2.98. The second kappa shape index (κ2) is 7.14. The number of rotatable bonds is 7. The molecule has 2 N–H and O–H groups in total. The van der Waals surface area contributed by atoms with E-state index in [1.165, 1.54) is 38.4 Å². The Bertz CT molecular complexity index is 723. The van der Waals surface area contributed by atoms with Crippen LogP contribution in [0.4, 0.5) is 5.69 Å². The van der Waals surface area contributed by atoms with Crippen molar-refractivity contribution in [2.75, 3.05) is 32.0 Å². The summed E-state index contributed by atoms with van der Waals surface area (Å²) in [5.74, 6) is 0. The smallest absolute Gasteiger partial charge is 0.301 e. The normalized spacial score (nSPS) is 19.2. The Labute approximate surface area is 137 Å². The van der Waals surface area contributed by atoms with E-state index in [0.717, 1.165) is 17.1 Å². The van der Waals surface area contributed by atoms with Gasteiger partial charge in [-0.15, -0.1) is 0 Å². The predicted molar refractivity (Wildman–Crippen MR) is 86.8 cm³/mol. The first kappa shape index (κ1) is 18.1. The summed E-state index contributed by atoms with van der Waals surface area (Å²) in [6.07, 6.45) is 1.69. The number of benzene rings is 1. The number of hydrogen-bond acceptors (Lipinski definition) is 5. The van der Waals surface area contributed by atoms with E-state index in [9.17, 15) is 16.8 Å². The number of anilines is 1. The van der Waals surface area contributed by atoms with Gasteiger partial charge in [0.25, 0.3) is 0 Å². The summed E-state index contributed by atoms with van der Waals surface area (Å²) >= 11 is 0. The van der Waals surface area contributed by atoms with Crippen LogP contribution in [0.3, 0.4) is 0 Å². The molecule has 0 bridgehead atoms. The zero-order valence-corrected chi connectivity index (χ0v) is 14.7. The lowest BCUT2D eigenvalue weighted by Crippen LogP contribution is -2.32. The summed E-state index contributed by atoms with van der Waals surface area (Å²) in [7, 11) is -4.46. The van der Waals surface area contributed by atoms with Gasteiger partial charge in [0, 0.05) is 32.9 Å². The quantitative estimate of drug-likeness (QED) is 0.728. The van der Waals surface area contributed by atoms with Gasteiger partial charge in [-0.3, -0.25) is 4.72 Å². The van der Waals surface area contributed by atoms with Crippen molar-refractivity contribution in [2.45, 2.75) is 23.8 Å². The van der Waals surface area contributed by atoms with Crippen molar-refractivity contribution in [3.05, 3.63) is 24.3 Å². The molecule has 1 aliphatic rings. The van der Waals surface area contributed by atoms with Gasteiger partial charge < -0.3 is 4.74 Å². The van der Waals surface area contributed by atoms with Crippen LogP contribution in [-0.2, 0) is 25.0 Å². The number of nitrogens with one attached hydrogen (secondary N) is 2. The summed E-state index contributed by atoms with van der Waals surface area (Å²) in [4.78, 5) is 0.0725. The van der Waals surface area contributed by atoms with Gasteiger partial charge in [0.2, 0.25) is 10.0 Å². The highest BCUT2D eigenvalue weighted by Crippen LogP contribution is 2.17. The van der Waals surface area contributed by atoms with E-state index in [2.05, 4.69) is 9.44 Å². The first-order valence-electron chi connectivity index (χ1n) is 7.12. The fourth-order valence-electron chi connectivity index (χ4n) is 2.03. The highest BCUT2D eigenvalue weighted by molar-refractivity contribution is 7.90. The molecule has 8 nitrogen and oxygen atoms in total. The van der Waals surface area contributed by atoms with Gasteiger partial charge in [-0.05, 0) is 37.1 Å². The van der Waals surface area contributed by atoms with Crippen molar-refractivity contribution in [3.8, 4) is 0 Å². The highest BCUT2D eigenvalue weighted by atomic mass is 32.2. The molecule has 0 spiro atoms.